The number of para-hydroxylation sites is 2. The average Bonchev–Trinajstić information content (AvgIpc) is 3.86. The Bertz CT molecular complexity index is 3370. The molecule has 0 fully saturated rings. The van der Waals surface area contributed by atoms with Crippen LogP contribution in [-0.4, -0.2) is 4.57 Å². The first kappa shape index (κ1) is 36.6. The Kier molecular flexibility index (Phi) is 8.76. The lowest BCUT2D eigenvalue weighted by atomic mass is 9.67. The van der Waals surface area contributed by atoms with Crippen molar-refractivity contribution in [1.82, 2.24) is 4.57 Å². The van der Waals surface area contributed by atoms with Crippen molar-refractivity contribution in [3.63, 3.8) is 0 Å². The van der Waals surface area contributed by atoms with Crippen LogP contribution in [0.25, 0.3) is 60.9 Å². The number of benzene rings is 10. The summed E-state index contributed by atoms with van der Waals surface area (Å²) in [5.41, 5.74) is 18.9. The van der Waals surface area contributed by atoms with E-state index in [4.69, 9.17) is 0 Å². The Balaban J connectivity index is 0.996. The average molecular weight is 803 g/mol. The third-order valence-corrected chi connectivity index (χ3v) is 13.1. The fourth-order valence-electron chi connectivity index (χ4n) is 10.3. The lowest BCUT2D eigenvalue weighted by Gasteiger charge is -2.34. The van der Waals surface area contributed by atoms with Gasteiger partial charge in [0.05, 0.1) is 16.4 Å². The minimum atomic E-state index is -0.449. The first-order valence-electron chi connectivity index (χ1n) is 21.8. The largest absolute Gasteiger partial charge is 0.310 e. The lowest BCUT2D eigenvalue weighted by molar-refractivity contribution is 0.769. The van der Waals surface area contributed by atoms with Gasteiger partial charge in [0.2, 0.25) is 0 Å². The van der Waals surface area contributed by atoms with E-state index in [0.29, 0.717) is 0 Å². The van der Waals surface area contributed by atoms with Gasteiger partial charge in [-0.05, 0) is 122 Å². The normalized spacial score (nSPS) is 12.6. The number of hydrogen-bond donors (Lipinski definition) is 0. The number of hydrogen-bond acceptors (Lipinski definition) is 1. The van der Waals surface area contributed by atoms with Crippen LogP contribution in [0.15, 0.2) is 255 Å². The third kappa shape index (κ3) is 5.95. The first-order chi connectivity index (χ1) is 31.3. The fourth-order valence-corrected chi connectivity index (χ4v) is 10.3. The van der Waals surface area contributed by atoms with Crippen molar-refractivity contribution in [2.45, 2.75) is 5.41 Å². The molecule has 0 aliphatic heterocycles. The second-order valence-electron chi connectivity index (χ2n) is 16.5. The fraction of sp³-hybridized carbons (Fsp3) is 0.0164. The zero-order valence-electron chi connectivity index (χ0n) is 34.6. The van der Waals surface area contributed by atoms with Gasteiger partial charge in [-0.3, -0.25) is 0 Å². The molecule has 0 radical (unpaired) electrons. The lowest BCUT2D eigenvalue weighted by Crippen LogP contribution is -2.28. The molecule has 0 amide bonds. The van der Waals surface area contributed by atoms with Crippen molar-refractivity contribution in [2.24, 2.45) is 0 Å². The maximum atomic E-state index is 2.45. The SMILES string of the molecule is c1ccc(-c2ccc(N(c3ccc(-c4ccc5c(c4)C(c4ccccc4)(c4ccccc4)c4ccccc4-5)cc3)c3ccc4c(c3)c3ccccc3n4-c3ccccc3)cc2)cc1. The molecule has 0 saturated heterocycles. The molecule has 0 spiro atoms. The van der Waals surface area contributed by atoms with Crippen LogP contribution in [-0.2, 0) is 5.41 Å². The summed E-state index contributed by atoms with van der Waals surface area (Å²) in [6, 6.07) is 93.2. The third-order valence-electron chi connectivity index (χ3n) is 13.1. The van der Waals surface area contributed by atoms with E-state index < -0.39 is 5.41 Å². The van der Waals surface area contributed by atoms with Crippen LogP contribution in [0, 0.1) is 0 Å². The van der Waals surface area contributed by atoms with Crippen LogP contribution < -0.4 is 4.90 Å². The molecule has 0 N–H and O–H groups in total. The molecular weight excluding hydrogens is 761 g/mol. The van der Waals surface area contributed by atoms with Gasteiger partial charge < -0.3 is 9.47 Å². The molecule has 2 nitrogen and oxygen atoms in total. The maximum Gasteiger partial charge on any atom is 0.0713 e. The smallest absolute Gasteiger partial charge is 0.0713 e. The van der Waals surface area contributed by atoms with Crippen molar-refractivity contribution < 1.29 is 0 Å². The summed E-state index contributed by atoms with van der Waals surface area (Å²) in [5.74, 6) is 0. The molecule has 10 aromatic carbocycles. The van der Waals surface area contributed by atoms with Crippen LogP contribution in [0.3, 0.4) is 0 Å². The van der Waals surface area contributed by atoms with E-state index in [2.05, 4.69) is 264 Å². The summed E-state index contributed by atoms with van der Waals surface area (Å²) in [5, 5.41) is 2.45. The topological polar surface area (TPSA) is 8.17 Å². The van der Waals surface area contributed by atoms with E-state index >= 15 is 0 Å². The Morgan fingerprint density at radius 1 is 0.302 bits per heavy atom. The predicted molar refractivity (Wildman–Crippen MR) is 264 cm³/mol. The Labute approximate surface area is 368 Å². The van der Waals surface area contributed by atoms with Gasteiger partial charge >= 0.3 is 0 Å². The van der Waals surface area contributed by atoms with Crippen molar-refractivity contribution >= 4 is 38.9 Å². The van der Waals surface area contributed by atoms with E-state index in [1.54, 1.807) is 0 Å². The summed E-state index contributed by atoms with van der Waals surface area (Å²) in [7, 11) is 0. The zero-order chi connectivity index (χ0) is 41.7. The molecule has 63 heavy (non-hydrogen) atoms. The first-order valence-corrected chi connectivity index (χ1v) is 21.8. The molecule has 0 atom stereocenters. The predicted octanol–water partition coefficient (Wildman–Crippen LogP) is 16.0. The van der Waals surface area contributed by atoms with Gasteiger partial charge in [0, 0.05) is 33.5 Å². The highest BCUT2D eigenvalue weighted by atomic mass is 15.1. The highest BCUT2D eigenvalue weighted by Crippen LogP contribution is 2.56. The Morgan fingerprint density at radius 3 is 1.44 bits per heavy atom. The molecule has 0 bridgehead atoms. The van der Waals surface area contributed by atoms with Gasteiger partial charge in [-0.1, -0.05) is 188 Å². The number of aromatic nitrogens is 1. The van der Waals surface area contributed by atoms with Crippen molar-refractivity contribution in [1.29, 1.82) is 0 Å². The summed E-state index contributed by atoms with van der Waals surface area (Å²) in [6.07, 6.45) is 0. The molecule has 1 aliphatic carbocycles. The molecule has 1 aliphatic rings. The van der Waals surface area contributed by atoms with E-state index in [9.17, 15) is 0 Å². The molecule has 12 rings (SSSR count). The van der Waals surface area contributed by atoms with Gasteiger partial charge in [-0.15, -0.1) is 0 Å². The minimum Gasteiger partial charge on any atom is -0.310 e. The second-order valence-corrected chi connectivity index (χ2v) is 16.5. The molecule has 1 heterocycles. The van der Waals surface area contributed by atoms with E-state index in [0.717, 1.165) is 22.7 Å². The maximum absolute atomic E-state index is 2.45. The molecular formula is C61H42N2. The zero-order valence-corrected chi connectivity index (χ0v) is 34.6. The van der Waals surface area contributed by atoms with Gasteiger partial charge in [-0.25, -0.2) is 0 Å². The van der Waals surface area contributed by atoms with Gasteiger partial charge in [0.1, 0.15) is 0 Å². The highest BCUT2D eigenvalue weighted by Gasteiger charge is 2.46. The number of fused-ring (bicyclic) bond motifs is 6. The van der Waals surface area contributed by atoms with Crippen LogP contribution in [0.5, 0.6) is 0 Å². The van der Waals surface area contributed by atoms with E-state index in [1.165, 1.54) is 77.4 Å². The Morgan fingerprint density at radius 2 is 0.778 bits per heavy atom. The molecule has 2 heteroatoms. The van der Waals surface area contributed by atoms with Crippen LogP contribution in [0.2, 0.25) is 0 Å². The van der Waals surface area contributed by atoms with Gasteiger partial charge in [0.25, 0.3) is 0 Å². The van der Waals surface area contributed by atoms with Crippen LogP contribution in [0.4, 0.5) is 17.1 Å². The number of rotatable bonds is 8. The summed E-state index contributed by atoms with van der Waals surface area (Å²) >= 11 is 0. The van der Waals surface area contributed by atoms with Crippen LogP contribution >= 0.6 is 0 Å². The quantitative estimate of drug-likeness (QED) is 0.149. The van der Waals surface area contributed by atoms with Crippen molar-refractivity contribution in [3.8, 4) is 39.1 Å². The van der Waals surface area contributed by atoms with Gasteiger partial charge in [0.15, 0.2) is 0 Å². The van der Waals surface area contributed by atoms with Crippen molar-refractivity contribution in [2.75, 3.05) is 4.90 Å². The molecule has 0 saturated carbocycles. The van der Waals surface area contributed by atoms with E-state index in [-0.39, 0.29) is 0 Å². The van der Waals surface area contributed by atoms with Gasteiger partial charge in [-0.2, -0.15) is 0 Å². The monoisotopic (exact) mass is 802 g/mol. The summed E-state index contributed by atoms with van der Waals surface area (Å²) < 4.78 is 2.38. The molecule has 0 unspecified atom stereocenters. The van der Waals surface area contributed by atoms with E-state index in [1.807, 2.05) is 0 Å². The van der Waals surface area contributed by atoms with Crippen molar-refractivity contribution in [3.05, 3.63) is 277 Å². The second kappa shape index (κ2) is 15.1. The number of anilines is 3. The summed E-state index contributed by atoms with van der Waals surface area (Å²) in [6.45, 7) is 0. The minimum absolute atomic E-state index is 0.449. The van der Waals surface area contributed by atoms with Crippen LogP contribution in [0.1, 0.15) is 22.3 Å². The molecule has 11 aromatic rings. The molecule has 1 aromatic heterocycles. The highest BCUT2D eigenvalue weighted by molar-refractivity contribution is 6.10. The number of nitrogens with zero attached hydrogens (tertiary/aromatic N) is 2. The standard InChI is InChI=1S/C61H42N2/c1-5-17-43(18-6-1)44-29-34-50(35-30-44)62(52-38-40-60-56(42-52)55-26-14-16-28-59(55)63(60)49-23-11-4-12-24-49)51-36-31-45(32-37-51)46-33-39-54-53-25-13-15-27-57(53)61(58(54)41-46,47-19-7-2-8-20-47)48-21-9-3-10-22-48/h1-42H. The Hall–Kier alpha value is -8.20. The summed E-state index contributed by atoms with van der Waals surface area (Å²) in [4.78, 5) is 2.39. The molecule has 296 valence electrons.